The van der Waals surface area contributed by atoms with Gasteiger partial charge in [0.25, 0.3) is 0 Å². The summed E-state index contributed by atoms with van der Waals surface area (Å²) in [7, 11) is 1.62. The van der Waals surface area contributed by atoms with Crippen LogP contribution in [0.15, 0.2) is 24.3 Å². The molecule has 0 bridgehead atoms. The second kappa shape index (κ2) is 5.40. The van der Waals surface area contributed by atoms with Crippen molar-refractivity contribution < 1.29 is 14.3 Å². The van der Waals surface area contributed by atoms with Crippen molar-refractivity contribution in [3.63, 3.8) is 0 Å². The lowest BCUT2D eigenvalue weighted by atomic mass is 10.2. The number of carbonyl (C=O) groups is 1. The first-order valence-corrected chi connectivity index (χ1v) is 4.42. The van der Waals surface area contributed by atoms with Gasteiger partial charge in [0.1, 0.15) is 12.4 Å². The van der Waals surface area contributed by atoms with Crippen molar-refractivity contribution in [2.75, 3.05) is 13.7 Å². The summed E-state index contributed by atoms with van der Waals surface area (Å²) in [4.78, 5) is 10.6. The molecule has 1 aromatic rings. The van der Waals surface area contributed by atoms with Crippen LogP contribution < -0.4 is 4.74 Å². The number of ketones is 1. The number of ether oxygens (including phenoxy) is 2. The molecule has 0 aliphatic carbocycles. The van der Waals surface area contributed by atoms with E-state index in [0.717, 1.165) is 11.3 Å². The molecular weight excluding hydrogens is 180 g/mol. The van der Waals surface area contributed by atoms with Gasteiger partial charge in [-0.15, -0.1) is 0 Å². The normalized spacial score (nSPS) is 9.86. The molecule has 0 saturated carbocycles. The Hall–Kier alpha value is -1.35. The van der Waals surface area contributed by atoms with Gasteiger partial charge in [-0.1, -0.05) is 12.1 Å². The zero-order chi connectivity index (χ0) is 10.4. The van der Waals surface area contributed by atoms with Crippen molar-refractivity contribution in [2.45, 2.75) is 13.5 Å². The summed E-state index contributed by atoms with van der Waals surface area (Å²) >= 11 is 0. The standard InChI is InChI=1S/C11H14O3/c1-9(12)7-14-8-10-4-3-5-11(6-10)13-2/h3-6H,7-8H2,1-2H3. The fourth-order valence-corrected chi connectivity index (χ4v) is 1.07. The Labute approximate surface area is 83.6 Å². The molecule has 0 aromatic heterocycles. The molecule has 1 rings (SSSR count). The molecule has 0 fully saturated rings. The van der Waals surface area contributed by atoms with Gasteiger partial charge in [0.05, 0.1) is 13.7 Å². The predicted octanol–water partition coefficient (Wildman–Crippen LogP) is 1.80. The molecule has 0 amide bonds. The average Bonchev–Trinajstić information content (AvgIpc) is 2.18. The highest BCUT2D eigenvalue weighted by Crippen LogP contribution is 2.12. The summed E-state index contributed by atoms with van der Waals surface area (Å²) in [5.41, 5.74) is 1.01. The quantitative estimate of drug-likeness (QED) is 0.717. The second-order valence-electron chi connectivity index (χ2n) is 3.05. The average molecular weight is 194 g/mol. The highest BCUT2D eigenvalue weighted by Gasteiger charge is 1.97. The Kier molecular flexibility index (Phi) is 4.13. The molecule has 0 saturated heterocycles. The highest BCUT2D eigenvalue weighted by atomic mass is 16.5. The number of methoxy groups -OCH3 is 1. The summed E-state index contributed by atoms with van der Waals surface area (Å²) in [6.45, 7) is 2.11. The van der Waals surface area contributed by atoms with Crippen LogP contribution >= 0.6 is 0 Å². The van der Waals surface area contributed by atoms with Crippen LogP contribution in [-0.4, -0.2) is 19.5 Å². The summed E-state index contributed by atoms with van der Waals surface area (Å²) in [5.74, 6) is 0.835. The van der Waals surface area contributed by atoms with Gasteiger partial charge in [0.2, 0.25) is 0 Å². The number of benzene rings is 1. The Morgan fingerprint density at radius 3 is 2.86 bits per heavy atom. The first-order valence-electron chi connectivity index (χ1n) is 4.42. The summed E-state index contributed by atoms with van der Waals surface area (Å²) in [6.07, 6.45) is 0. The number of hydrogen-bond donors (Lipinski definition) is 0. The van der Waals surface area contributed by atoms with Gasteiger partial charge < -0.3 is 9.47 Å². The molecule has 0 unspecified atom stereocenters. The van der Waals surface area contributed by atoms with Crippen molar-refractivity contribution in [3.05, 3.63) is 29.8 Å². The maximum Gasteiger partial charge on any atom is 0.155 e. The Morgan fingerprint density at radius 1 is 1.43 bits per heavy atom. The Balaban J connectivity index is 2.46. The van der Waals surface area contributed by atoms with Gasteiger partial charge in [-0.3, -0.25) is 4.79 Å². The van der Waals surface area contributed by atoms with E-state index < -0.39 is 0 Å². The Bertz CT molecular complexity index is 307. The number of Topliss-reactive ketones (excluding diaryl/α,β-unsaturated/α-hetero) is 1. The van der Waals surface area contributed by atoms with E-state index in [1.807, 2.05) is 24.3 Å². The Morgan fingerprint density at radius 2 is 2.21 bits per heavy atom. The molecular formula is C11H14O3. The third-order valence-electron chi connectivity index (χ3n) is 1.71. The lowest BCUT2D eigenvalue weighted by Crippen LogP contribution is -2.03. The first kappa shape index (κ1) is 10.7. The fraction of sp³-hybridized carbons (Fsp3) is 0.364. The van der Waals surface area contributed by atoms with Crippen molar-refractivity contribution in [2.24, 2.45) is 0 Å². The molecule has 76 valence electrons. The maximum atomic E-state index is 10.6. The van der Waals surface area contributed by atoms with Crippen LogP contribution in [0.25, 0.3) is 0 Å². The van der Waals surface area contributed by atoms with Crippen molar-refractivity contribution in [1.29, 1.82) is 0 Å². The van der Waals surface area contributed by atoms with Crippen LogP contribution in [0.5, 0.6) is 5.75 Å². The van der Waals surface area contributed by atoms with Crippen molar-refractivity contribution in [3.8, 4) is 5.75 Å². The van der Waals surface area contributed by atoms with Gasteiger partial charge in [-0.05, 0) is 24.6 Å². The van der Waals surface area contributed by atoms with Crippen LogP contribution in [0, 0.1) is 0 Å². The molecule has 0 radical (unpaired) electrons. The van der Waals surface area contributed by atoms with E-state index in [1.54, 1.807) is 7.11 Å². The fourth-order valence-electron chi connectivity index (χ4n) is 1.07. The topological polar surface area (TPSA) is 35.5 Å². The lowest BCUT2D eigenvalue weighted by Gasteiger charge is -2.04. The molecule has 3 heteroatoms. The zero-order valence-corrected chi connectivity index (χ0v) is 8.45. The van der Waals surface area contributed by atoms with Crippen LogP contribution in [0.4, 0.5) is 0 Å². The van der Waals surface area contributed by atoms with E-state index >= 15 is 0 Å². The SMILES string of the molecule is COc1cccc(COCC(C)=O)c1. The van der Waals surface area contributed by atoms with E-state index in [-0.39, 0.29) is 12.4 Å². The minimum Gasteiger partial charge on any atom is -0.497 e. The minimum atomic E-state index is 0.0351. The van der Waals surface area contributed by atoms with Crippen LogP contribution in [-0.2, 0) is 16.1 Å². The number of rotatable bonds is 5. The van der Waals surface area contributed by atoms with Crippen LogP contribution in [0.1, 0.15) is 12.5 Å². The smallest absolute Gasteiger partial charge is 0.155 e. The van der Waals surface area contributed by atoms with E-state index in [1.165, 1.54) is 6.92 Å². The van der Waals surface area contributed by atoms with Crippen LogP contribution in [0.2, 0.25) is 0 Å². The molecule has 0 heterocycles. The zero-order valence-electron chi connectivity index (χ0n) is 8.45. The lowest BCUT2D eigenvalue weighted by molar-refractivity contribution is -0.121. The third kappa shape index (κ3) is 3.58. The largest absolute Gasteiger partial charge is 0.497 e. The van der Waals surface area contributed by atoms with Crippen LogP contribution in [0.3, 0.4) is 0 Å². The number of carbonyl (C=O) groups excluding carboxylic acids is 1. The van der Waals surface area contributed by atoms with Gasteiger partial charge in [0, 0.05) is 0 Å². The summed E-state index contributed by atoms with van der Waals surface area (Å²) in [6, 6.07) is 7.59. The first-order chi connectivity index (χ1) is 6.72. The van der Waals surface area contributed by atoms with Crippen molar-refractivity contribution in [1.82, 2.24) is 0 Å². The van der Waals surface area contributed by atoms with E-state index in [2.05, 4.69) is 0 Å². The second-order valence-corrected chi connectivity index (χ2v) is 3.05. The van der Waals surface area contributed by atoms with Gasteiger partial charge >= 0.3 is 0 Å². The third-order valence-corrected chi connectivity index (χ3v) is 1.71. The summed E-state index contributed by atoms with van der Waals surface area (Å²) < 4.78 is 10.2. The molecule has 14 heavy (non-hydrogen) atoms. The van der Waals surface area contributed by atoms with Crippen molar-refractivity contribution >= 4 is 5.78 Å². The predicted molar refractivity (Wildman–Crippen MR) is 53.3 cm³/mol. The van der Waals surface area contributed by atoms with Gasteiger partial charge in [-0.2, -0.15) is 0 Å². The van der Waals surface area contributed by atoms with E-state index in [0.29, 0.717) is 6.61 Å². The maximum absolute atomic E-state index is 10.6. The van der Waals surface area contributed by atoms with E-state index in [4.69, 9.17) is 9.47 Å². The highest BCUT2D eigenvalue weighted by molar-refractivity contribution is 5.76. The van der Waals surface area contributed by atoms with E-state index in [9.17, 15) is 4.79 Å². The molecule has 3 nitrogen and oxygen atoms in total. The molecule has 0 aliphatic rings. The summed E-state index contributed by atoms with van der Waals surface area (Å²) in [5, 5.41) is 0. The molecule has 0 atom stereocenters. The number of hydrogen-bond acceptors (Lipinski definition) is 3. The molecule has 1 aromatic carbocycles. The molecule has 0 spiro atoms. The monoisotopic (exact) mass is 194 g/mol. The molecule has 0 aliphatic heterocycles. The molecule has 0 N–H and O–H groups in total. The van der Waals surface area contributed by atoms with Gasteiger partial charge in [0.15, 0.2) is 5.78 Å². The minimum absolute atomic E-state index is 0.0351. The van der Waals surface area contributed by atoms with Gasteiger partial charge in [-0.25, -0.2) is 0 Å².